The van der Waals surface area contributed by atoms with Crippen molar-refractivity contribution < 1.29 is 13.6 Å². The van der Waals surface area contributed by atoms with Crippen LogP contribution in [0.4, 0.5) is 5.69 Å². The molecule has 0 atom stereocenters. The van der Waals surface area contributed by atoms with Gasteiger partial charge in [-0.15, -0.1) is 0 Å². The quantitative estimate of drug-likeness (QED) is 0.451. The van der Waals surface area contributed by atoms with Gasteiger partial charge in [0.15, 0.2) is 17.0 Å². The highest BCUT2D eigenvalue weighted by molar-refractivity contribution is 6.02. The zero-order chi connectivity index (χ0) is 19.6. The molecule has 2 aromatic carbocycles. The molecule has 0 aliphatic rings. The standard InChI is InChI=1S/C23H15N3O3/c27-22(20-13-12-18(28-20)15-5-2-1-3-6-15)25-17-10-8-16(9-11-17)23-26-21-19(29-23)7-4-14-24-21/h1-14H,(H,25,27). The molecule has 3 heterocycles. The molecule has 1 amide bonds. The van der Waals surface area contributed by atoms with E-state index < -0.39 is 0 Å². The van der Waals surface area contributed by atoms with E-state index in [2.05, 4.69) is 15.3 Å². The first-order valence-corrected chi connectivity index (χ1v) is 9.05. The summed E-state index contributed by atoms with van der Waals surface area (Å²) in [5.74, 6) is 1.06. The summed E-state index contributed by atoms with van der Waals surface area (Å²) >= 11 is 0. The summed E-state index contributed by atoms with van der Waals surface area (Å²) in [5.41, 5.74) is 3.55. The number of rotatable bonds is 4. The predicted molar refractivity (Wildman–Crippen MR) is 109 cm³/mol. The Labute approximate surface area is 165 Å². The molecular formula is C23H15N3O3. The zero-order valence-corrected chi connectivity index (χ0v) is 15.2. The highest BCUT2D eigenvalue weighted by atomic mass is 16.4. The van der Waals surface area contributed by atoms with Gasteiger partial charge in [0, 0.05) is 23.0 Å². The Kier molecular flexibility index (Phi) is 4.14. The molecule has 0 saturated heterocycles. The summed E-state index contributed by atoms with van der Waals surface area (Å²) in [5, 5.41) is 2.83. The van der Waals surface area contributed by atoms with Crippen molar-refractivity contribution in [1.29, 1.82) is 0 Å². The third-order valence-electron chi connectivity index (χ3n) is 4.44. The molecule has 0 spiro atoms. The highest BCUT2D eigenvalue weighted by Crippen LogP contribution is 2.25. The van der Waals surface area contributed by atoms with Crippen molar-refractivity contribution in [3.63, 3.8) is 0 Å². The van der Waals surface area contributed by atoms with Gasteiger partial charge in [-0.1, -0.05) is 30.3 Å². The van der Waals surface area contributed by atoms with E-state index in [1.165, 1.54) is 0 Å². The molecule has 1 N–H and O–H groups in total. The molecule has 29 heavy (non-hydrogen) atoms. The number of aromatic nitrogens is 2. The number of amides is 1. The first-order valence-electron chi connectivity index (χ1n) is 9.05. The van der Waals surface area contributed by atoms with Crippen LogP contribution in [-0.2, 0) is 0 Å². The SMILES string of the molecule is O=C(Nc1ccc(-c2nc3ncccc3o2)cc1)c1ccc(-c2ccccc2)o1. The van der Waals surface area contributed by atoms with Crippen LogP contribution in [0.5, 0.6) is 0 Å². The second kappa shape index (κ2) is 7.09. The van der Waals surface area contributed by atoms with E-state index in [1.54, 1.807) is 36.5 Å². The molecule has 0 aliphatic carbocycles. The molecule has 3 aromatic heterocycles. The average molecular weight is 381 g/mol. The van der Waals surface area contributed by atoms with Gasteiger partial charge in [-0.05, 0) is 48.5 Å². The largest absolute Gasteiger partial charge is 0.451 e. The molecule has 5 aromatic rings. The Bertz CT molecular complexity index is 1250. The number of carbonyl (C=O) groups is 1. The van der Waals surface area contributed by atoms with E-state index in [0.717, 1.165) is 11.1 Å². The Balaban J connectivity index is 1.32. The van der Waals surface area contributed by atoms with Gasteiger partial charge < -0.3 is 14.2 Å². The molecule has 5 rings (SSSR count). The van der Waals surface area contributed by atoms with Crippen molar-refractivity contribution in [3.05, 3.63) is 90.8 Å². The normalized spacial score (nSPS) is 10.9. The number of fused-ring (bicyclic) bond motifs is 1. The van der Waals surface area contributed by atoms with Crippen molar-refractivity contribution in [2.75, 3.05) is 5.32 Å². The first kappa shape index (κ1) is 16.9. The number of hydrogen-bond donors (Lipinski definition) is 1. The topological polar surface area (TPSA) is 81.2 Å². The maximum Gasteiger partial charge on any atom is 0.291 e. The fourth-order valence-corrected chi connectivity index (χ4v) is 3.00. The van der Waals surface area contributed by atoms with Crippen LogP contribution in [0.1, 0.15) is 10.6 Å². The van der Waals surface area contributed by atoms with E-state index in [1.807, 2.05) is 48.5 Å². The van der Waals surface area contributed by atoms with Crippen LogP contribution >= 0.6 is 0 Å². The number of hydrogen-bond acceptors (Lipinski definition) is 5. The maximum atomic E-state index is 12.5. The van der Waals surface area contributed by atoms with Gasteiger partial charge in [-0.25, -0.2) is 4.98 Å². The monoisotopic (exact) mass is 381 g/mol. The van der Waals surface area contributed by atoms with Crippen molar-refractivity contribution >= 4 is 22.8 Å². The Morgan fingerprint density at radius 3 is 2.41 bits per heavy atom. The lowest BCUT2D eigenvalue weighted by Gasteiger charge is -2.04. The fourth-order valence-electron chi connectivity index (χ4n) is 3.00. The second-order valence-corrected chi connectivity index (χ2v) is 6.41. The summed E-state index contributed by atoms with van der Waals surface area (Å²) in [6.07, 6.45) is 1.67. The predicted octanol–water partition coefficient (Wildman–Crippen LogP) is 5.40. The van der Waals surface area contributed by atoms with Crippen LogP contribution in [0, 0.1) is 0 Å². The van der Waals surface area contributed by atoms with E-state index in [0.29, 0.717) is 28.6 Å². The number of nitrogens with zero attached hydrogens (tertiary/aromatic N) is 2. The summed E-state index contributed by atoms with van der Waals surface area (Å²) < 4.78 is 11.4. The second-order valence-electron chi connectivity index (χ2n) is 6.41. The molecule has 0 bridgehead atoms. The van der Waals surface area contributed by atoms with Gasteiger partial charge >= 0.3 is 0 Å². The summed E-state index contributed by atoms with van der Waals surface area (Å²) in [6.45, 7) is 0. The van der Waals surface area contributed by atoms with Crippen LogP contribution in [0.15, 0.2) is 93.9 Å². The van der Waals surface area contributed by atoms with Crippen LogP contribution in [0.25, 0.3) is 34.0 Å². The van der Waals surface area contributed by atoms with Crippen molar-refractivity contribution in [2.24, 2.45) is 0 Å². The average Bonchev–Trinajstić information content (AvgIpc) is 3.42. The molecule has 6 nitrogen and oxygen atoms in total. The lowest BCUT2D eigenvalue weighted by atomic mass is 10.2. The van der Waals surface area contributed by atoms with Gasteiger partial charge in [0.2, 0.25) is 5.89 Å². The Morgan fingerprint density at radius 2 is 1.62 bits per heavy atom. The molecule has 0 fully saturated rings. The van der Waals surface area contributed by atoms with Crippen LogP contribution in [-0.4, -0.2) is 15.9 Å². The lowest BCUT2D eigenvalue weighted by Crippen LogP contribution is -2.10. The first-order chi connectivity index (χ1) is 14.3. The van der Waals surface area contributed by atoms with Gasteiger partial charge in [-0.3, -0.25) is 4.79 Å². The van der Waals surface area contributed by atoms with E-state index in [-0.39, 0.29) is 11.7 Å². The van der Waals surface area contributed by atoms with Crippen molar-refractivity contribution in [1.82, 2.24) is 9.97 Å². The van der Waals surface area contributed by atoms with Gasteiger partial charge in [0.1, 0.15) is 5.76 Å². The minimum Gasteiger partial charge on any atom is -0.451 e. The lowest BCUT2D eigenvalue weighted by molar-refractivity contribution is 0.0997. The number of carbonyl (C=O) groups excluding carboxylic acids is 1. The summed E-state index contributed by atoms with van der Waals surface area (Å²) in [6, 6.07) is 23.9. The zero-order valence-electron chi connectivity index (χ0n) is 15.2. The minimum atomic E-state index is -0.314. The molecular weight excluding hydrogens is 366 g/mol. The minimum absolute atomic E-state index is 0.248. The summed E-state index contributed by atoms with van der Waals surface area (Å²) in [7, 11) is 0. The number of furan rings is 1. The number of benzene rings is 2. The van der Waals surface area contributed by atoms with Crippen molar-refractivity contribution in [3.8, 4) is 22.8 Å². The Morgan fingerprint density at radius 1 is 0.793 bits per heavy atom. The smallest absolute Gasteiger partial charge is 0.291 e. The maximum absolute atomic E-state index is 12.5. The number of pyridine rings is 1. The molecule has 140 valence electrons. The van der Waals surface area contributed by atoms with Crippen LogP contribution < -0.4 is 5.32 Å². The van der Waals surface area contributed by atoms with E-state index in [4.69, 9.17) is 8.83 Å². The van der Waals surface area contributed by atoms with Crippen LogP contribution in [0.3, 0.4) is 0 Å². The fraction of sp³-hybridized carbons (Fsp3) is 0. The number of oxazole rings is 1. The molecule has 0 saturated carbocycles. The Hall–Kier alpha value is -4.19. The highest BCUT2D eigenvalue weighted by Gasteiger charge is 2.13. The molecule has 6 heteroatoms. The molecule has 0 aliphatic heterocycles. The molecule has 0 radical (unpaired) electrons. The van der Waals surface area contributed by atoms with Gasteiger partial charge in [0.25, 0.3) is 5.91 Å². The van der Waals surface area contributed by atoms with Gasteiger partial charge in [-0.2, -0.15) is 4.98 Å². The van der Waals surface area contributed by atoms with E-state index in [9.17, 15) is 4.79 Å². The molecule has 0 unspecified atom stereocenters. The van der Waals surface area contributed by atoms with Gasteiger partial charge in [0.05, 0.1) is 0 Å². The van der Waals surface area contributed by atoms with Crippen molar-refractivity contribution in [2.45, 2.75) is 0 Å². The number of anilines is 1. The third-order valence-corrected chi connectivity index (χ3v) is 4.44. The van der Waals surface area contributed by atoms with Crippen LogP contribution in [0.2, 0.25) is 0 Å². The summed E-state index contributed by atoms with van der Waals surface area (Å²) in [4.78, 5) is 21.0. The van der Waals surface area contributed by atoms with E-state index >= 15 is 0 Å². The number of nitrogens with one attached hydrogen (secondary N) is 1. The third kappa shape index (κ3) is 3.39.